The molecule has 0 spiro atoms. The highest BCUT2D eigenvalue weighted by Crippen LogP contribution is 2.22. The van der Waals surface area contributed by atoms with Crippen LogP contribution in [0.4, 0.5) is 0 Å². The Morgan fingerprint density at radius 2 is 1.96 bits per heavy atom. The van der Waals surface area contributed by atoms with Gasteiger partial charge in [0.2, 0.25) is 5.96 Å². The molecule has 0 aliphatic rings. The second kappa shape index (κ2) is 8.09. The van der Waals surface area contributed by atoms with Crippen molar-refractivity contribution in [3.63, 3.8) is 0 Å². The number of benzene rings is 1. The number of nitrogens with two attached hydrogens (primary N) is 1. The van der Waals surface area contributed by atoms with Crippen LogP contribution in [-0.4, -0.2) is 36.6 Å². The van der Waals surface area contributed by atoms with E-state index < -0.39 is 22.0 Å². The minimum atomic E-state index is -4.08. The fourth-order valence-corrected chi connectivity index (χ4v) is 2.49. The van der Waals surface area contributed by atoms with Crippen LogP contribution >= 0.6 is 11.6 Å². The lowest BCUT2D eigenvalue weighted by Gasteiger charge is -2.19. The molecule has 10 heteroatoms. The van der Waals surface area contributed by atoms with E-state index in [9.17, 15) is 13.2 Å². The first-order valence-electron chi connectivity index (χ1n) is 7.13. The molecule has 0 radical (unpaired) electrons. The predicted molar refractivity (Wildman–Crippen MR) is 98.2 cm³/mol. The number of halogens is 1. The monoisotopic (exact) mass is 394 g/mol. The molecule has 0 unspecified atom stereocenters. The summed E-state index contributed by atoms with van der Waals surface area (Å²) in [5.74, 6) is -1.82. The van der Waals surface area contributed by atoms with Crippen molar-refractivity contribution >= 4 is 45.2 Å². The van der Waals surface area contributed by atoms with Crippen LogP contribution in [-0.2, 0) is 19.2 Å². The molecular weight excluding hydrogens is 380 g/mol. The lowest BCUT2D eigenvalue weighted by Crippen LogP contribution is -2.42. The van der Waals surface area contributed by atoms with Crippen molar-refractivity contribution < 1.29 is 17.5 Å². The Hall–Kier alpha value is -2.75. The zero-order valence-corrected chi connectivity index (χ0v) is 15.2. The molecule has 1 amide bonds. The molecule has 8 nitrogen and oxygen atoms in total. The quantitative estimate of drug-likeness (QED) is 0.345. The van der Waals surface area contributed by atoms with Crippen molar-refractivity contribution in [2.45, 2.75) is 0 Å². The van der Waals surface area contributed by atoms with E-state index in [0.29, 0.717) is 16.1 Å². The third-order valence-electron chi connectivity index (χ3n) is 3.00. The summed E-state index contributed by atoms with van der Waals surface area (Å²) in [6.45, 7) is 0. The van der Waals surface area contributed by atoms with E-state index in [0.717, 1.165) is 6.26 Å². The van der Waals surface area contributed by atoms with Gasteiger partial charge in [0.05, 0.1) is 11.8 Å². The Morgan fingerprint density at radius 3 is 2.46 bits per heavy atom. The van der Waals surface area contributed by atoms with Crippen LogP contribution in [0.1, 0.15) is 11.1 Å². The number of pyridine rings is 1. The van der Waals surface area contributed by atoms with Crippen molar-refractivity contribution in [3.05, 3.63) is 64.9 Å². The summed E-state index contributed by atoms with van der Waals surface area (Å²) in [5.41, 5.74) is 6.34. The number of hydrogen-bond acceptors (Lipinski definition) is 6. The first-order chi connectivity index (χ1) is 12.2. The number of rotatable bonds is 5. The number of hydroxylamine groups is 2. The highest BCUT2D eigenvalue weighted by molar-refractivity contribution is 7.85. The van der Waals surface area contributed by atoms with Crippen LogP contribution < -0.4 is 5.73 Å². The van der Waals surface area contributed by atoms with Crippen LogP contribution in [0.5, 0.6) is 0 Å². The van der Waals surface area contributed by atoms with Gasteiger partial charge in [0, 0.05) is 23.0 Å². The normalized spacial score (nSPS) is 11.8. The van der Waals surface area contributed by atoms with Crippen LogP contribution in [0.25, 0.3) is 11.6 Å². The number of carbonyl (C=O) groups excluding carboxylic acids is 1. The molecular formula is C16H15ClN4O4S. The largest absolute Gasteiger partial charge is 0.368 e. The van der Waals surface area contributed by atoms with Gasteiger partial charge in [-0.1, -0.05) is 29.8 Å². The second-order valence-corrected chi connectivity index (χ2v) is 7.11. The third kappa shape index (κ3) is 5.38. The van der Waals surface area contributed by atoms with Crippen LogP contribution in [0.15, 0.2) is 48.8 Å². The first-order valence-corrected chi connectivity index (χ1v) is 9.32. The number of guanidine groups is 1. The topological polar surface area (TPSA) is 126 Å². The lowest BCUT2D eigenvalue weighted by molar-refractivity contribution is -0.137. The van der Waals surface area contributed by atoms with Gasteiger partial charge in [0.15, 0.2) is 0 Å². The maximum atomic E-state index is 12.8. The highest BCUT2D eigenvalue weighted by atomic mass is 35.5. The van der Waals surface area contributed by atoms with Crippen LogP contribution in [0.3, 0.4) is 0 Å². The summed E-state index contributed by atoms with van der Waals surface area (Å²) in [7, 11) is -4.08. The molecule has 0 bridgehead atoms. The average molecular weight is 395 g/mol. The SMILES string of the molecule is CS(=O)(=O)ON(C(=N)N)C(=O)/C(=C/c1ccc(Cl)cc1)c1cccnc1. The van der Waals surface area contributed by atoms with Gasteiger partial charge in [-0.05, 0) is 29.8 Å². The minimum absolute atomic E-state index is 0.0271. The Morgan fingerprint density at radius 1 is 1.31 bits per heavy atom. The summed E-state index contributed by atoms with van der Waals surface area (Å²) in [6.07, 6.45) is 5.15. The van der Waals surface area contributed by atoms with E-state index in [2.05, 4.69) is 9.27 Å². The summed E-state index contributed by atoms with van der Waals surface area (Å²) >= 11 is 5.86. The zero-order chi connectivity index (χ0) is 19.3. The van der Waals surface area contributed by atoms with Crippen molar-refractivity contribution in [1.82, 2.24) is 10.0 Å². The Kier molecular flexibility index (Phi) is 6.09. The van der Waals surface area contributed by atoms with Gasteiger partial charge in [-0.25, -0.2) is 0 Å². The maximum absolute atomic E-state index is 12.8. The van der Waals surface area contributed by atoms with Crippen molar-refractivity contribution in [3.8, 4) is 0 Å². The fourth-order valence-electron chi connectivity index (χ4n) is 1.94. The number of nitrogens with zero attached hydrogens (tertiary/aromatic N) is 2. The third-order valence-corrected chi connectivity index (χ3v) is 3.67. The lowest BCUT2D eigenvalue weighted by atomic mass is 10.0. The molecule has 0 saturated heterocycles. The van der Waals surface area contributed by atoms with E-state index in [1.807, 2.05) is 0 Å². The van der Waals surface area contributed by atoms with Gasteiger partial charge in [0.1, 0.15) is 0 Å². The predicted octanol–water partition coefficient (Wildman–Crippen LogP) is 1.89. The standard InChI is InChI=1S/C16H15ClN4O4S/c1-26(23,24)25-21(16(18)19)15(22)14(12-3-2-8-20-10-12)9-11-4-6-13(17)7-5-11/h2-10H,1H3,(H3,18,19)/b14-9+. The molecule has 1 aromatic heterocycles. The molecule has 0 fully saturated rings. The van der Waals surface area contributed by atoms with Crippen molar-refractivity contribution in [2.24, 2.45) is 5.73 Å². The van der Waals surface area contributed by atoms with Gasteiger partial charge in [-0.3, -0.25) is 15.2 Å². The molecule has 0 saturated carbocycles. The minimum Gasteiger partial charge on any atom is -0.368 e. The number of amides is 1. The maximum Gasteiger partial charge on any atom is 0.286 e. The molecule has 2 aromatic rings. The van der Waals surface area contributed by atoms with Crippen molar-refractivity contribution in [1.29, 1.82) is 5.41 Å². The van der Waals surface area contributed by atoms with Gasteiger partial charge < -0.3 is 5.73 Å². The van der Waals surface area contributed by atoms with Crippen LogP contribution in [0.2, 0.25) is 5.02 Å². The number of hydrogen-bond donors (Lipinski definition) is 2. The number of nitrogens with one attached hydrogen (secondary N) is 1. The molecule has 26 heavy (non-hydrogen) atoms. The molecule has 136 valence electrons. The number of aromatic nitrogens is 1. The molecule has 0 aliphatic heterocycles. The van der Waals surface area contributed by atoms with Gasteiger partial charge in [0.25, 0.3) is 16.0 Å². The summed E-state index contributed by atoms with van der Waals surface area (Å²) in [5, 5.41) is 8.17. The summed E-state index contributed by atoms with van der Waals surface area (Å²) in [4.78, 5) is 16.8. The molecule has 3 N–H and O–H groups in total. The van der Waals surface area contributed by atoms with E-state index in [1.54, 1.807) is 36.4 Å². The van der Waals surface area contributed by atoms with E-state index in [-0.39, 0.29) is 10.6 Å². The summed E-state index contributed by atoms with van der Waals surface area (Å²) < 4.78 is 27.3. The Bertz CT molecular complexity index is 944. The van der Waals surface area contributed by atoms with Gasteiger partial charge >= 0.3 is 0 Å². The molecule has 2 rings (SSSR count). The van der Waals surface area contributed by atoms with E-state index >= 15 is 0 Å². The molecule has 1 aromatic carbocycles. The first kappa shape index (κ1) is 19.6. The van der Waals surface area contributed by atoms with Gasteiger partial charge in [-0.2, -0.15) is 8.42 Å². The average Bonchev–Trinajstić information content (AvgIpc) is 2.58. The van der Waals surface area contributed by atoms with E-state index in [1.165, 1.54) is 18.5 Å². The molecule has 0 atom stereocenters. The number of carbonyl (C=O) groups is 1. The van der Waals surface area contributed by atoms with Gasteiger partial charge in [-0.15, -0.1) is 9.35 Å². The second-order valence-electron chi connectivity index (χ2n) is 5.11. The van der Waals surface area contributed by atoms with E-state index in [4.69, 9.17) is 22.7 Å². The van der Waals surface area contributed by atoms with Crippen LogP contribution in [0, 0.1) is 5.41 Å². The smallest absolute Gasteiger partial charge is 0.286 e. The zero-order valence-electron chi connectivity index (χ0n) is 13.6. The van der Waals surface area contributed by atoms with Crippen molar-refractivity contribution in [2.75, 3.05) is 6.26 Å². The molecule has 1 heterocycles. The Labute approximate surface area is 155 Å². The summed E-state index contributed by atoms with van der Waals surface area (Å²) in [6, 6.07) is 9.81. The fraction of sp³-hybridized carbons (Fsp3) is 0.0625. The Balaban J connectivity index is 2.54. The molecule has 0 aliphatic carbocycles. The highest BCUT2D eigenvalue weighted by Gasteiger charge is 2.27.